The highest BCUT2D eigenvalue weighted by atomic mass is 32.2. The van der Waals surface area contributed by atoms with E-state index in [9.17, 15) is 8.42 Å². The predicted molar refractivity (Wildman–Crippen MR) is 76.3 cm³/mol. The Kier molecular flexibility index (Phi) is 3.93. The van der Waals surface area contributed by atoms with Crippen LogP contribution < -0.4 is 9.88 Å². The summed E-state index contributed by atoms with van der Waals surface area (Å²) in [6.45, 7) is 3.53. The van der Waals surface area contributed by atoms with E-state index in [1.807, 2.05) is 6.07 Å². The maximum atomic E-state index is 11.5. The molecule has 0 atom stereocenters. The molecule has 1 heterocycles. The second kappa shape index (κ2) is 5.52. The fraction of sp³-hybridized carbons (Fsp3) is 0.143. The number of sulfonamides is 1. The van der Waals surface area contributed by atoms with E-state index in [0.717, 1.165) is 0 Å². The van der Waals surface area contributed by atoms with Crippen LogP contribution in [0.15, 0.2) is 35.4 Å². The van der Waals surface area contributed by atoms with Crippen molar-refractivity contribution in [3.63, 3.8) is 0 Å². The van der Waals surface area contributed by atoms with Gasteiger partial charge in [0.2, 0.25) is 15.9 Å². The molecular weight excluding hydrogens is 290 g/mol. The lowest BCUT2D eigenvalue weighted by Crippen LogP contribution is -2.14. The van der Waals surface area contributed by atoms with Gasteiger partial charge in [0.15, 0.2) is 0 Å². The Hall–Kier alpha value is -2.43. The summed E-state index contributed by atoms with van der Waals surface area (Å²) in [5.41, 5.74) is 1.92. The molecule has 0 radical (unpaired) electrons. The topological polar surface area (TPSA) is 106 Å². The van der Waals surface area contributed by atoms with Gasteiger partial charge in [-0.15, -0.1) is 0 Å². The van der Waals surface area contributed by atoms with E-state index in [-0.39, 0.29) is 10.8 Å². The fourth-order valence-corrected chi connectivity index (χ4v) is 2.55. The van der Waals surface area contributed by atoms with Crippen LogP contribution in [0, 0.1) is 25.2 Å². The van der Waals surface area contributed by atoms with Gasteiger partial charge >= 0.3 is 0 Å². The summed E-state index contributed by atoms with van der Waals surface area (Å²) >= 11 is 0. The van der Waals surface area contributed by atoms with Gasteiger partial charge in [0.1, 0.15) is 10.6 Å². The molecule has 0 unspecified atom stereocenters. The number of primary sulfonamides is 1. The van der Waals surface area contributed by atoms with Crippen LogP contribution in [0.1, 0.15) is 16.7 Å². The van der Waals surface area contributed by atoms with Gasteiger partial charge in [-0.25, -0.2) is 18.5 Å². The molecule has 2 N–H and O–H groups in total. The van der Waals surface area contributed by atoms with Crippen LogP contribution in [0.25, 0.3) is 0 Å². The average molecular weight is 303 g/mol. The lowest BCUT2D eigenvalue weighted by molar-refractivity contribution is 0.441. The van der Waals surface area contributed by atoms with Gasteiger partial charge in [0.05, 0.1) is 11.6 Å². The minimum Gasteiger partial charge on any atom is -0.437 e. The molecule has 0 saturated carbocycles. The average Bonchev–Trinajstić information content (AvgIpc) is 2.42. The molecular formula is C14H13N3O3S. The van der Waals surface area contributed by atoms with Crippen molar-refractivity contribution >= 4 is 10.0 Å². The second-order valence-electron chi connectivity index (χ2n) is 4.50. The normalized spacial score (nSPS) is 11.0. The van der Waals surface area contributed by atoms with Gasteiger partial charge in [-0.3, -0.25) is 0 Å². The Morgan fingerprint density at radius 2 is 1.90 bits per heavy atom. The van der Waals surface area contributed by atoms with Gasteiger partial charge < -0.3 is 4.74 Å². The summed E-state index contributed by atoms with van der Waals surface area (Å²) in [6.07, 6.45) is 1.42. The van der Waals surface area contributed by atoms with Crippen LogP contribution in [0.3, 0.4) is 0 Å². The first-order chi connectivity index (χ1) is 9.82. The second-order valence-corrected chi connectivity index (χ2v) is 6.03. The lowest BCUT2D eigenvalue weighted by atomic mass is 10.1. The number of benzene rings is 1. The van der Waals surface area contributed by atoms with E-state index >= 15 is 0 Å². The van der Waals surface area contributed by atoms with Crippen LogP contribution in [0.2, 0.25) is 0 Å². The lowest BCUT2D eigenvalue weighted by Gasteiger charge is -2.13. The minimum atomic E-state index is -3.93. The first kappa shape index (κ1) is 15.0. The molecule has 2 aromatic rings. The number of hydrogen-bond donors (Lipinski definition) is 1. The number of hydrogen-bond acceptors (Lipinski definition) is 5. The summed E-state index contributed by atoms with van der Waals surface area (Å²) < 4.78 is 28.7. The smallest absolute Gasteiger partial charge is 0.243 e. The van der Waals surface area contributed by atoms with Crippen molar-refractivity contribution in [2.24, 2.45) is 5.14 Å². The Morgan fingerprint density at radius 1 is 1.29 bits per heavy atom. The first-order valence-electron chi connectivity index (χ1n) is 6.00. The Balaban J connectivity index is 2.53. The Bertz CT molecular complexity index is 816. The monoisotopic (exact) mass is 303 g/mol. The standard InChI is InChI=1S/C14H13N3O3S/c1-9-6-11(8-15)7-10(2)13(9)20-14-12(21(16,18)19)4-3-5-17-14/h3-7H,1-2H3,(H2,16,18,19). The number of pyridine rings is 1. The molecule has 0 aliphatic heterocycles. The summed E-state index contributed by atoms with van der Waals surface area (Å²) in [5, 5.41) is 14.1. The van der Waals surface area contributed by atoms with E-state index in [1.54, 1.807) is 26.0 Å². The molecule has 0 fully saturated rings. The quantitative estimate of drug-likeness (QED) is 0.933. The van der Waals surface area contributed by atoms with Crippen LogP contribution in [-0.4, -0.2) is 13.4 Å². The summed E-state index contributed by atoms with van der Waals surface area (Å²) in [5.74, 6) is 0.369. The first-order valence-corrected chi connectivity index (χ1v) is 7.54. The largest absolute Gasteiger partial charge is 0.437 e. The molecule has 0 aliphatic rings. The third-order valence-electron chi connectivity index (χ3n) is 2.83. The van der Waals surface area contributed by atoms with Gasteiger partial charge in [0.25, 0.3) is 0 Å². The zero-order chi connectivity index (χ0) is 15.6. The van der Waals surface area contributed by atoms with Crippen LogP contribution in [0.4, 0.5) is 0 Å². The number of rotatable bonds is 3. The molecule has 0 amide bonds. The van der Waals surface area contributed by atoms with E-state index in [2.05, 4.69) is 4.98 Å². The SMILES string of the molecule is Cc1cc(C#N)cc(C)c1Oc1ncccc1S(N)(=O)=O. The number of aryl methyl sites for hydroxylation is 2. The van der Waals surface area contributed by atoms with Gasteiger partial charge in [-0.2, -0.15) is 5.26 Å². The summed E-state index contributed by atoms with van der Waals surface area (Å²) in [6, 6.07) is 8.15. The molecule has 2 rings (SSSR count). The van der Waals surface area contributed by atoms with Crippen molar-refractivity contribution in [1.29, 1.82) is 5.26 Å². The number of nitriles is 1. The number of aromatic nitrogens is 1. The third kappa shape index (κ3) is 3.18. The van der Waals surface area contributed by atoms with Crippen molar-refractivity contribution in [2.75, 3.05) is 0 Å². The van der Waals surface area contributed by atoms with E-state index in [4.69, 9.17) is 15.1 Å². The van der Waals surface area contributed by atoms with Gasteiger partial charge in [-0.05, 0) is 49.2 Å². The number of nitrogens with zero attached hydrogens (tertiary/aromatic N) is 2. The zero-order valence-corrected chi connectivity index (χ0v) is 12.3. The molecule has 1 aromatic heterocycles. The molecule has 0 saturated heterocycles. The molecule has 21 heavy (non-hydrogen) atoms. The van der Waals surface area contributed by atoms with Crippen molar-refractivity contribution in [2.45, 2.75) is 18.7 Å². The molecule has 6 nitrogen and oxygen atoms in total. The van der Waals surface area contributed by atoms with Crippen molar-refractivity contribution in [3.05, 3.63) is 47.2 Å². The molecule has 0 bridgehead atoms. The van der Waals surface area contributed by atoms with Crippen LogP contribution in [-0.2, 0) is 10.0 Å². The zero-order valence-electron chi connectivity index (χ0n) is 11.5. The predicted octanol–water partition coefficient (Wildman–Crippen LogP) is 2.01. The number of nitrogens with two attached hydrogens (primary N) is 1. The maximum Gasteiger partial charge on any atom is 0.243 e. The number of ether oxygens (including phenoxy) is 1. The van der Waals surface area contributed by atoms with E-state index in [0.29, 0.717) is 22.4 Å². The highest BCUT2D eigenvalue weighted by Gasteiger charge is 2.18. The molecule has 0 aliphatic carbocycles. The molecule has 7 heteroatoms. The summed E-state index contributed by atoms with van der Waals surface area (Å²) in [4.78, 5) is 3.73. The Labute approximate surface area is 122 Å². The maximum absolute atomic E-state index is 11.5. The highest BCUT2D eigenvalue weighted by molar-refractivity contribution is 7.89. The third-order valence-corrected chi connectivity index (χ3v) is 3.75. The molecule has 0 spiro atoms. The van der Waals surface area contributed by atoms with Crippen LogP contribution in [0.5, 0.6) is 11.6 Å². The van der Waals surface area contributed by atoms with Gasteiger partial charge in [-0.1, -0.05) is 0 Å². The van der Waals surface area contributed by atoms with Crippen LogP contribution >= 0.6 is 0 Å². The van der Waals surface area contributed by atoms with E-state index in [1.165, 1.54) is 18.3 Å². The van der Waals surface area contributed by atoms with Crippen molar-refractivity contribution in [3.8, 4) is 17.7 Å². The van der Waals surface area contributed by atoms with Crippen molar-refractivity contribution < 1.29 is 13.2 Å². The highest BCUT2D eigenvalue weighted by Crippen LogP contribution is 2.31. The molecule has 108 valence electrons. The molecule has 1 aromatic carbocycles. The van der Waals surface area contributed by atoms with E-state index < -0.39 is 10.0 Å². The minimum absolute atomic E-state index is 0.0871. The fourth-order valence-electron chi connectivity index (χ4n) is 1.94. The van der Waals surface area contributed by atoms with Crippen molar-refractivity contribution in [1.82, 2.24) is 4.98 Å². The summed E-state index contributed by atoms with van der Waals surface area (Å²) in [7, 11) is -3.93. The van der Waals surface area contributed by atoms with Gasteiger partial charge in [0, 0.05) is 6.20 Å². The Morgan fingerprint density at radius 3 is 2.43 bits per heavy atom.